The number of piperidine rings is 2. The Morgan fingerprint density at radius 3 is 2.17 bits per heavy atom. The van der Waals surface area contributed by atoms with Crippen molar-refractivity contribution in [3.63, 3.8) is 0 Å². The summed E-state index contributed by atoms with van der Waals surface area (Å²) in [5, 5.41) is 0. The summed E-state index contributed by atoms with van der Waals surface area (Å²) in [5.74, 6) is 1.27. The minimum atomic E-state index is -0.494. The molecular formula is C18H32N2O3. The van der Waals surface area contributed by atoms with Gasteiger partial charge in [0.15, 0.2) is 0 Å². The number of ether oxygens (including phenoxy) is 1. The molecule has 0 aromatic heterocycles. The third-order valence-electron chi connectivity index (χ3n) is 4.60. The van der Waals surface area contributed by atoms with Gasteiger partial charge in [-0.25, -0.2) is 4.79 Å². The molecule has 5 heteroatoms. The van der Waals surface area contributed by atoms with Crippen LogP contribution in [0.2, 0.25) is 0 Å². The smallest absolute Gasteiger partial charge is 0.410 e. The maximum atomic E-state index is 12.8. The van der Waals surface area contributed by atoms with Crippen LogP contribution >= 0.6 is 0 Å². The van der Waals surface area contributed by atoms with Gasteiger partial charge >= 0.3 is 6.09 Å². The Morgan fingerprint density at radius 2 is 1.61 bits per heavy atom. The molecule has 2 fully saturated rings. The second kappa shape index (κ2) is 7.10. The summed E-state index contributed by atoms with van der Waals surface area (Å²) in [7, 11) is 0. The molecule has 0 bridgehead atoms. The Labute approximate surface area is 140 Å². The molecule has 0 aromatic carbocycles. The predicted molar refractivity (Wildman–Crippen MR) is 90.1 cm³/mol. The fourth-order valence-corrected chi connectivity index (χ4v) is 3.77. The van der Waals surface area contributed by atoms with Gasteiger partial charge in [0, 0.05) is 26.2 Å². The van der Waals surface area contributed by atoms with E-state index in [0.29, 0.717) is 24.9 Å². The van der Waals surface area contributed by atoms with Gasteiger partial charge in [-0.1, -0.05) is 13.8 Å². The minimum absolute atomic E-state index is 0.0752. The van der Waals surface area contributed by atoms with Crippen molar-refractivity contribution < 1.29 is 14.3 Å². The normalized spacial score (nSPS) is 29.3. The Kier molecular flexibility index (Phi) is 5.58. The minimum Gasteiger partial charge on any atom is -0.444 e. The molecule has 2 aliphatic rings. The second-order valence-electron chi connectivity index (χ2n) is 8.45. The number of carbonyl (C=O) groups is 2. The molecule has 0 spiro atoms. The number of carbonyl (C=O) groups excluding carboxylic acids is 2. The van der Waals surface area contributed by atoms with Gasteiger partial charge in [0.2, 0.25) is 5.91 Å². The predicted octanol–water partition coefficient (Wildman–Crippen LogP) is 3.14. The summed E-state index contributed by atoms with van der Waals surface area (Å²) < 4.78 is 5.45. The molecule has 0 radical (unpaired) electrons. The largest absolute Gasteiger partial charge is 0.444 e. The third-order valence-corrected chi connectivity index (χ3v) is 4.60. The van der Waals surface area contributed by atoms with Crippen molar-refractivity contribution in [2.24, 2.45) is 17.8 Å². The highest BCUT2D eigenvalue weighted by Crippen LogP contribution is 2.26. The molecule has 0 N–H and O–H groups in total. The molecule has 23 heavy (non-hydrogen) atoms. The summed E-state index contributed by atoms with van der Waals surface area (Å²) in [4.78, 5) is 28.8. The Hall–Kier alpha value is -1.26. The first-order valence-electron chi connectivity index (χ1n) is 8.92. The number of nitrogens with zero attached hydrogens (tertiary/aromatic N) is 2. The second-order valence-corrected chi connectivity index (χ2v) is 8.45. The number of rotatable bonds is 1. The van der Waals surface area contributed by atoms with Gasteiger partial charge in [-0.05, 0) is 51.9 Å². The molecule has 2 amide bonds. The first-order valence-corrected chi connectivity index (χ1v) is 8.92. The fraction of sp³-hybridized carbons (Fsp3) is 0.889. The maximum Gasteiger partial charge on any atom is 0.410 e. The van der Waals surface area contributed by atoms with Crippen molar-refractivity contribution >= 4 is 12.0 Å². The van der Waals surface area contributed by atoms with Crippen molar-refractivity contribution in [2.75, 3.05) is 26.2 Å². The maximum absolute atomic E-state index is 12.8. The van der Waals surface area contributed by atoms with E-state index in [4.69, 9.17) is 4.74 Å². The molecule has 132 valence electrons. The lowest BCUT2D eigenvalue weighted by Gasteiger charge is -2.39. The molecule has 5 nitrogen and oxygen atoms in total. The first kappa shape index (κ1) is 18.1. The Bertz CT molecular complexity index is 434. The van der Waals surface area contributed by atoms with Gasteiger partial charge < -0.3 is 14.5 Å². The van der Waals surface area contributed by atoms with Crippen molar-refractivity contribution in [1.82, 2.24) is 9.80 Å². The number of hydrogen-bond donors (Lipinski definition) is 0. The molecule has 0 aromatic rings. The van der Waals surface area contributed by atoms with E-state index >= 15 is 0 Å². The Morgan fingerprint density at radius 1 is 1.00 bits per heavy atom. The average molecular weight is 324 g/mol. The lowest BCUT2D eigenvalue weighted by atomic mass is 9.89. The summed E-state index contributed by atoms with van der Waals surface area (Å²) in [6.07, 6.45) is 2.64. The summed E-state index contributed by atoms with van der Waals surface area (Å²) >= 11 is 0. The molecule has 3 atom stereocenters. The van der Waals surface area contributed by atoms with E-state index in [1.807, 2.05) is 25.7 Å². The molecule has 2 heterocycles. The van der Waals surface area contributed by atoms with Crippen LogP contribution in [0, 0.1) is 17.8 Å². The third kappa shape index (κ3) is 5.11. The van der Waals surface area contributed by atoms with Crippen LogP contribution in [0.3, 0.4) is 0 Å². The molecule has 2 rings (SSSR count). The van der Waals surface area contributed by atoms with Crippen LogP contribution in [0.4, 0.5) is 4.79 Å². The van der Waals surface area contributed by atoms with Gasteiger partial charge in [-0.2, -0.15) is 0 Å². The van der Waals surface area contributed by atoms with E-state index in [1.54, 1.807) is 4.90 Å². The Balaban J connectivity index is 1.95. The van der Waals surface area contributed by atoms with Crippen LogP contribution < -0.4 is 0 Å². The van der Waals surface area contributed by atoms with Crippen LogP contribution in [0.25, 0.3) is 0 Å². The van der Waals surface area contributed by atoms with E-state index in [0.717, 1.165) is 25.9 Å². The van der Waals surface area contributed by atoms with Crippen molar-refractivity contribution in [3.8, 4) is 0 Å². The summed E-state index contributed by atoms with van der Waals surface area (Å²) in [6, 6.07) is 0. The number of hydrogen-bond acceptors (Lipinski definition) is 3. The van der Waals surface area contributed by atoms with Gasteiger partial charge in [0.1, 0.15) is 5.60 Å². The van der Waals surface area contributed by atoms with Crippen LogP contribution in [0.15, 0.2) is 0 Å². The lowest BCUT2D eigenvalue weighted by molar-refractivity contribution is -0.139. The zero-order chi connectivity index (χ0) is 17.2. The van der Waals surface area contributed by atoms with Crippen LogP contribution in [0.5, 0.6) is 0 Å². The van der Waals surface area contributed by atoms with Gasteiger partial charge in [0.05, 0.1) is 5.92 Å². The first-order chi connectivity index (χ1) is 10.7. The van der Waals surface area contributed by atoms with Gasteiger partial charge in [-0.15, -0.1) is 0 Å². The average Bonchev–Trinajstić information content (AvgIpc) is 2.44. The quantitative estimate of drug-likeness (QED) is 0.744. The van der Waals surface area contributed by atoms with Gasteiger partial charge in [-0.3, -0.25) is 4.79 Å². The van der Waals surface area contributed by atoms with E-state index in [9.17, 15) is 9.59 Å². The highest BCUT2D eigenvalue weighted by molar-refractivity contribution is 5.80. The zero-order valence-corrected chi connectivity index (χ0v) is 15.3. The fourth-order valence-electron chi connectivity index (χ4n) is 3.77. The van der Waals surface area contributed by atoms with Crippen LogP contribution in [0.1, 0.15) is 53.9 Å². The van der Waals surface area contributed by atoms with E-state index in [-0.39, 0.29) is 17.9 Å². The number of amides is 2. The van der Waals surface area contributed by atoms with Crippen molar-refractivity contribution in [1.29, 1.82) is 0 Å². The van der Waals surface area contributed by atoms with E-state index in [1.165, 1.54) is 6.42 Å². The highest BCUT2D eigenvalue weighted by Gasteiger charge is 2.35. The number of likely N-dealkylation sites (tertiary alicyclic amines) is 2. The zero-order valence-electron chi connectivity index (χ0n) is 15.3. The topological polar surface area (TPSA) is 49.9 Å². The molecule has 2 saturated heterocycles. The summed E-state index contributed by atoms with van der Waals surface area (Å²) in [6.45, 7) is 12.9. The SMILES string of the molecule is CC1CC(C)CN(C(=O)C2CCCN(C(=O)OC(C)(C)C)C2)C1. The molecule has 0 saturated carbocycles. The van der Waals surface area contributed by atoms with Gasteiger partial charge in [0.25, 0.3) is 0 Å². The molecule has 2 aliphatic heterocycles. The standard InChI is InChI=1S/C18H32N2O3/c1-13-9-14(2)11-20(10-13)16(21)15-7-6-8-19(12-15)17(22)23-18(3,4)5/h13-15H,6-12H2,1-5H3. The monoisotopic (exact) mass is 324 g/mol. The van der Waals surface area contributed by atoms with E-state index < -0.39 is 5.60 Å². The molecule has 0 aliphatic carbocycles. The highest BCUT2D eigenvalue weighted by atomic mass is 16.6. The van der Waals surface area contributed by atoms with Crippen molar-refractivity contribution in [2.45, 2.75) is 59.5 Å². The summed E-state index contributed by atoms with van der Waals surface area (Å²) in [5.41, 5.74) is -0.494. The lowest BCUT2D eigenvalue weighted by Crippen LogP contribution is -2.50. The van der Waals surface area contributed by atoms with Crippen LogP contribution in [-0.4, -0.2) is 53.6 Å². The molecule has 3 unspecified atom stereocenters. The van der Waals surface area contributed by atoms with E-state index in [2.05, 4.69) is 13.8 Å². The molecular weight excluding hydrogens is 292 g/mol. The van der Waals surface area contributed by atoms with Crippen molar-refractivity contribution in [3.05, 3.63) is 0 Å². The van der Waals surface area contributed by atoms with Crippen LogP contribution in [-0.2, 0) is 9.53 Å².